The van der Waals surface area contributed by atoms with E-state index in [0.717, 1.165) is 22.0 Å². The molecule has 0 saturated heterocycles. The molecule has 4 aromatic rings. The highest BCUT2D eigenvalue weighted by atomic mass is 19.1. The third-order valence-electron chi connectivity index (χ3n) is 5.77. The van der Waals surface area contributed by atoms with E-state index in [1.54, 1.807) is 33.8 Å². The molecule has 1 N–H and O–H groups in total. The number of esters is 1. The maximum atomic E-state index is 14.8. The Bertz CT molecular complexity index is 1430. The first-order valence-corrected chi connectivity index (χ1v) is 11.5. The Morgan fingerprint density at radius 3 is 2.46 bits per heavy atom. The second-order valence-corrected chi connectivity index (χ2v) is 9.33. The quantitative estimate of drug-likeness (QED) is 0.341. The molecule has 0 radical (unpaired) electrons. The molecule has 0 spiro atoms. The van der Waals surface area contributed by atoms with Gasteiger partial charge in [0.1, 0.15) is 11.4 Å². The van der Waals surface area contributed by atoms with Crippen molar-refractivity contribution in [3.63, 3.8) is 0 Å². The lowest BCUT2D eigenvalue weighted by Gasteiger charge is -2.20. The average Bonchev–Trinajstić information content (AvgIpc) is 3.07. The Hall–Kier alpha value is -3.87. The van der Waals surface area contributed by atoms with Gasteiger partial charge in [0.15, 0.2) is 0 Å². The van der Waals surface area contributed by atoms with Crippen LogP contribution < -0.4 is 5.32 Å². The van der Waals surface area contributed by atoms with Crippen molar-refractivity contribution in [1.82, 2.24) is 9.88 Å². The van der Waals surface area contributed by atoms with E-state index < -0.39 is 17.7 Å². The molecule has 0 fully saturated rings. The van der Waals surface area contributed by atoms with Crippen LogP contribution in [0.15, 0.2) is 54.6 Å². The number of nitrogens with one attached hydrogen (secondary N) is 1. The lowest BCUT2D eigenvalue weighted by atomic mass is 9.97. The summed E-state index contributed by atoms with van der Waals surface area (Å²) < 4.78 is 27.3. The summed E-state index contributed by atoms with van der Waals surface area (Å²) in [5, 5.41) is 4.78. The molecule has 1 heterocycles. The molecular formula is C28H29FN2O4. The zero-order valence-corrected chi connectivity index (χ0v) is 20.6. The van der Waals surface area contributed by atoms with E-state index in [-0.39, 0.29) is 19.0 Å². The third kappa shape index (κ3) is 4.85. The van der Waals surface area contributed by atoms with Crippen molar-refractivity contribution in [1.29, 1.82) is 0 Å². The van der Waals surface area contributed by atoms with Crippen LogP contribution >= 0.6 is 0 Å². The first-order valence-electron chi connectivity index (χ1n) is 11.5. The number of benzene rings is 3. The molecule has 35 heavy (non-hydrogen) atoms. The number of aromatic nitrogens is 1. The lowest BCUT2D eigenvalue weighted by Crippen LogP contribution is -2.33. The minimum absolute atomic E-state index is 0.0759. The summed E-state index contributed by atoms with van der Waals surface area (Å²) in [6.07, 6.45) is -0.579. The summed E-state index contributed by atoms with van der Waals surface area (Å²) >= 11 is 0. The maximum absolute atomic E-state index is 14.8. The van der Waals surface area contributed by atoms with Crippen molar-refractivity contribution in [2.75, 3.05) is 6.61 Å². The Morgan fingerprint density at radius 1 is 1.06 bits per heavy atom. The summed E-state index contributed by atoms with van der Waals surface area (Å²) in [4.78, 5) is 25.2. The number of carbonyl (C=O) groups is 2. The molecule has 3 aromatic carbocycles. The van der Waals surface area contributed by atoms with Crippen LogP contribution in [0.2, 0.25) is 0 Å². The Labute approximate surface area is 203 Å². The number of hydrogen-bond donors (Lipinski definition) is 1. The molecule has 0 saturated carbocycles. The number of amides is 1. The van der Waals surface area contributed by atoms with Crippen molar-refractivity contribution in [2.24, 2.45) is 7.05 Å². The van der Waals surface area contributed by atoms with Crippen molar-refractivity contribution in [2.45, 2.75) is 39.8 Å². The molecule has 0 aliphatic rings. The van der Waals surface area contributed by atoms with Gasteiger partial charge in [-0.2, -0.15) is 0 Å². The molecule has 0 unspecified atom stereocenters. The van der Waals surface area contributed by atoms with Crippen LogP contribution in [0, 0.1) is 5.82 Å². The van der Waals surface area contributed by atoms with Crippen molar-refractivity contribution in [3.05, 3.63) is 71.7 Å². The molecule has 0 bridgehead atoms. The first-order chi connectivity index (χ1) is 16.6. The van der Waals surface area contributed by atoms with Crippen molar-refractivity contribution < 1.29 is 23.5 Å². The zero-order chi connectivity index (χ0) is 25.3. The van der Waals surface area contributed by atoms with Gasteiger partial charge in [0.25, 0.3) is 0 Å². The third-order valence-corrected chi connectivity index (χ3v) is 5.77. The fraction of sp³-hybridized carbons (Fsp3) is 0.286. The Kier molecular flexibility index (Phi) is 6.52. The number of rotatable bonds is 5. The fourth-order valence-electron chi connectivity index (χ4n) is 4.30. The summed E-state index contributed by atoms with van der Waals surface area (Å²) in [6, 6.07) is 16.3. The highest BCUT2D eigenvalue weighted by Crippen LogP contribution is 2.35. The van der Waals surface area contributed by atoms with Gasteiger partial charge in [0.05, 0.1) is 24.4 Å². The highest BCUT2D eigenvalue weighted by Gasteiger charge is 2.24. The number of ether oxygens (including phenoxy) is 2. The smallest absolute Gasteiger partial charge is 0.407 e. The summed E-state index contributed by atoms with van der Waals surface area (Å²) in [5.74, 6) is -0.761. The molecule has 1 aromatic heterocycles. The molecule has 182 valence electrons. The lowest BCUT2D eigenvalue weighted by molar-refractivity contribution is 0.0502. The fourth-order valence-corrected chi connectivity index (χ4v) is 4.30. The van der Waals surface area contributed by atoms with E-state index in [2.05, 4.69) is 5.32 Å². The van der Waals surface area contributed by atoms with Gasteiger partial charge < -0.3 is 19.4 Å². The largest absolute Gasteiger partial charge is 0.462 e. The topological polar surface area (TPSA) is 69.6 Å². The summed E-state index contributed by atoms with van der Waals surface area (Å²) in [6.45, 7) is 7.39. The van der Waals surface area contributed by atoms with E-state index in [4.69, 9.17) is 9.47 Å². The van der Waals surface area contributed by atoms with Crippen LogP contribution in [0.1, 0.15) is 43.7 Å². The number of hydrogen-bond acceptors (Lipinski definition) is 4. The molecule has 6 nitrogen and oxygen atoms in total. The minimum atomic E-state index is -0.643. The van der Waals surface area contributed by atoms with Gasteiger partial charge >= 0.3 is 12.1 Å². The molecule has 0 aliphatic carbocycles. The van der Waals surface area contributed by atoms with Crippen LogP contribution in [0.25, 0.3) is 32.8 Å². The standard InChI is InChI=1S/C28H29FN2O4/c1-6-34-26(32)25-20-14-13-18(19-11-7-9-17-10-8-12-21(29)24(17)19)15-22(20)31(5)23(25)16-30-27(33)35-28(2,3)4/h7-15H,6,16H2,1-5H3,(H,30,33). The van der Waals surface area contributed by atoms with E-state index >= 15 is 0 Å². The predicted molar refractivity (Wildman–Crippen MR) is 135 cm³/mol. The molecule has 1 amide bonds. The summed E-state index contributed by atoms with van der Waals surface area (Å²) in [5.41, 5.74) is 2.67. The first kappa shape index (κ1) is 24.3. The monoisotopic (exact) mass is 476 g/mol. The molecule has 0 aliphatic heterocycles. The minimum Gasteiger partial charge on any atom is -0.462 e. The van der Waals surface area contributed by atoms with Gasteiger partial charge in [0.2, 0.25) is 0 Å². The van der Waals surface area contributed by atoms with Gasteiger partial charge in [0, 0.05) is 23.3 Å². The predicted octanol–water partition coefficient (Wildman–Crippen LogP) is 6.34. The average molecular weight is 477 g/mol. The molecule has 4 rings (SSSR count). The van der Waals surface area contributed by atoms with Gasteiger partial charge in [-0.05, 0) is 56.3 Å². The van der Waals surface area contributed by atoms with Crippen molar-refractivity contribution >= 4 is 33.7 Å². The van der Waals surface area contributed by atoms with Crippen LogP contribution in [-0.2, 0) is 23.1 Å². The normalized spacial score (nSPS) is 11.6. The van der Waals surface area contributed by atoms with Gasteiger partial charge in [-0.3, -0.25) is 0 Å². The summed E-state index contributed by atoms with van der Waals surface area (Å²) in [7, 11) is 1.82. The van der Waals surface area contributed by atoms with Crippen LogP contribution in [0.5, 0.6) is 0 Å². The van der Waals surface area contributed by atoms with Gasteiger partial charge in [-0.1, -0.05) is 42.5 Å². The SMILES string of the molecule is CCOC(=O)c1c(CNC(=O)OC(C)(C)C)n(C)c2cc(-c3cccc4cccc(F)c34)ccc12. The Balaban J connectivity index is 1.82. The number of halogens is 1. The zero-order valence-electron chi connectivity index (χ0n) is 20.6. The molecule has 7 heteroatoms. The van der Waals surface area contributed by atoms with E-state index in [1.165, 1.54) is 6.07 Å². The number of fused-ring (bicyclic) bond motifs is 2. The number of aryl methyl sites for hydroxylation is 1. The second kappa shape index (κ2) is 9.41. The molecule has 0 atom stereocenters. The van der Waals surface area contributed by atoms with E-state index in [1.807, 2.05) is 54.1 Å². The molecular weight excluding hydrogens is 447 g/mol. The second-order valence-electron chi connectivity index (χ2n) is 9.33. The van der Waals surface area contributed by atoms with E-state index in [0.29, 0.717) is 22.0 Å². The van der Waals surface area contributed by atoms with Gasteiger partial charge in [-0.15, -0.1) is 0 Å². The highest BCUT2D eigenvalue weighted by molar-refractivity contribution is 6.08. The number of nitrogens with zero attached hydrogens (tertiary/aromatic N) is 1. The Morgan fingerprint density at radius 2 is 1.77 bits per heavy atom. The number of carbonyl (C=O) groups excluding carboxylic acids is 2. The maximum Gasteiger partial charge on any atom is 0.407 e. The van der Waals surface area contributed by atoms with Crippen LogP contribution in [0.3, 0.4) is 0 Å². The number of alkyl carbamates (subject to hydrolysis) is 1. The van der Waals surface area contributed by atoms with Gasteiger partial charge in [-0.25, -0.2) is 14.0 Å². The van der Waals surface area contributed by atoms with Crippen LogP contribution in [0.4, 0.5) is 9.18 Å². The van der Waals surface area contributed by atoms with Crippen molar-refractivity contribution in [3.8, 4) is 11.1 Å². The van der Waals surface area contributed by atoms with E-state index in [9.17, 15) is 14.0 Å². The van der Waals surface area contributed by atoms with Crippen LogP contribution in [-0.4, -0.2) is 28.8 Å².